The molecule has 2 aromatic heterocycles. The number of rotatable bonds is 4. The number of carbonyl (C=O) groups is 2. The molecular formula is C16H13N3O3. The summed E-state index contributed by atoms with van der Waals surface area (Å²) in [6, 6.07) is 7.52. The van der Waals surface area contributed by atoms with Crippen molar-refractivity contribution in [2.75, 3.05) is 7.11 Å². The lowest BCUT2D eigenvalue weighted by molar-refractivity contribution is -0.139. The lowest BCUT2D eigenvalue weighted by Gasteiger charge is -2.01. The van der Waals surface area contributed by atoms with Gasteiger partial charge in [0, 0.05) is 29.5 Å². The van der Waals surface area contributed by atoms with E-state index in [4.69, 9.17) is 0 Å². The molecule has 6 heteroatoms. The van der Waals surface area contributed by atoms with Gasteiger partial charge >= 0.3 is 5.97 Å². The standard InChI is InChI=1S/C16H13N3O3/c1-22-14(20)6-10-7-18-16(19-8-10)15(21)12-9-17-13-5-3-2-4-11(12)13/h2-5,7-9,17H,6H2,1H3. The molecule has 0 bridgehead atoms. The van der Waals surface area contributed by atoms with E-state index >= 15 is 0 Å². The first-order valence-electron chi connectivity index (χ1n) is 6.67. The molecule has 0 saturated carbocycles. The molecule has 110 valence electrons. The van der Waals surface area contributed by atoms with E-state index in [0.29, 0.717) is 11.1 Å². The Balaban J connectivity index is 1.87. The zero-order valence-electron chi connectivity index (χ0n) is 11.9. The van der Waals surface area contributed by atoms with Crippen LogP contribution in [0.1, 0.15) is 21.7 Å². The molecule has 0 saturated heterocycles. The SMILES string of the molecule is COC(=O)Cc1cnc(C(=O)c2c[nH]c3ccccc23)nc1. The lowest BCUT2D eigenvalue weighted by Crippen LogP contribution is -2.09. The first-order valence-corrected chi connectivity index (χ1v) is 6.67. The van der Waals surface area contributed by atoms with Crippen LogP contribution in [0.3, 0.4) is 0 Å². The number of aromatic amines is 1. The van der Waals surface area contributed by atoms with Crippen LogP contribution in [-0.4, -0.2) is 33.8 Å². The predicted octanol–water partition coefficient (Wildman–Crippen LogP) is 1.90. The van der Waals surface area contributed by atoms with Crippen LogP contribution in [0, 0.1) is 0 Å². The van der Waals surface area contributed by atoms with Gasteiger partial charge in [0.1, 0.15) is 0 Å². The average Bonchev–Trinajstić information content (AvgIpc) is 2.99. The minimum absolute atomic E-state index is 0.0814. The highest BCUT2D eigenvalue weighted by Gasteiger charge is 2.16. The molecule has 3 aromatic rings. The van der Waals surface area contributed by atoms with Crippen molar-refractivity contribution in [2.24, 2.45) is 0 Å². The van der Waals surface area contributed by atoms with Gasteiger partial charge in [-0.1, -0.05) is 18.2 Å². The maximum atomic E-state index is 12.5. The van der Waals surface area contributed by atoms with Crippen molar-refractivity contribution in [2.45, 2.75) is 6.42 Å². The van der Waals surface area contributed by atoms with E-state index in [1.807, 2.05) is 24.3 Å². The number of methoxy groups -OCH3 is 1. The number of para-hydroxylation sites is 1. The highest BCUT2D eigenvalue weighted by molar-refractivity contribution is 6.14. The average molecular weight is 295 g/mol. The Labute approximate surface area is 126 Å². The van der Waals surface area contributed by atoms with Crippen LogP contribution in [0.25, 0.3) is 10.9 Å². The maximum Gasteiger partial charge on any atom is 0.310 e. The van der Waals surface area contributed by atoms with Crippen molar-refractivity contribution in [1.29, 1.82) is 0 Å². The Bertz CT molecular complexity index is 837. The van der Waals surface area contributed by atoms with Crippen molar-refractivity contribution in [3.05, 3.63) is 59.8 Å². The van der Waals surface area contributed by atoms with Crippen LogP contribution in [0.2, 0.25) is 0 Å². The summed E-state index contributed by atoms with van der Waals surface area (Å²) in [5.74, 6) is -0.542. The Morgan fingerprint density at radius 2 is 1.91 bits per heavy atom. The fraction of sp³-hybridized carbons (Fsp3) is 0.125. The first-order chi connectivity index (χ1) is 10.7. The Kier molecular flexibility index (Phi) is 3.65. The van der Waals surface area contributed by atoms with Crippen molar-refractivity contribution >= 4 is 22.7 Å². The molecule has 0 aliphatic carbocycles. The van der Waals surface area contributed by atoms with E-state index in [0.717, 1.165) is 10.9 Å². The fourth-order valence-corrected chi connectivity index (χ4v) is 2.18. The molecule has 1 aromatic carbocycles. The van der Waals surface area contributed by atoms with Crippen molar-refractivity contribution in [3.63, 3.8) is 0 Å². The van der Waals surface area contributed by atoms with Gasteiger partial charge in [-0.15, -0.1) is 0 Å². The van der Waals surface area contributed by atoms with E-state index < -0.39 is 0 Å². The molecule has 0 unspecified atom stereocenters. The number of benzene rings is 1. The first kappa shape index (κ1) is 13.9. The summed E-state index contributed by atoms with van der Waals surface area (Å²) in [5, 5.41) is 0.828. The van der Waals surface area contributed by atoms with Crippen LogP contribution in [-0.2, 0) is 16.0 Å². The molecule has 0 radical (unpaired) electrons. The van der Waals surface area contributed by atoms with Gasteiger partial charge < -0.3 is 9.72 Å². The second-order valence-corrected chi connectivity index (χ2v) is 4.74. The molecule has 0 fully saturated rings. The topological polar surface area (TPSA) is 84.9 Å². The Morgan fingerprint density at radius 3 is 2.64 bits per heavy atom. The van der Waals surface area contributed by atoms with Gasteiger partial charge in [-0.3, -0.25) is 9.59 Å². The van der Waals surface area contributed by atoms with Gasteiger partial charge in [0.25, 0.3) is 0 Å². The summed E-state index contributed by atoms with van der Waals surface area (Å²) < 4.78 is 4.57. The van der Waals surface area contributed by atoms with Gasteiger partial charge in [0.05, 0.1) is 19.1 Å². The third-order valence-corrected chi connectivity index (χ3v) is 3.32. The maximum absolute atomic E-state index is 12.5. The number of hydrogen-bond acceptors (Lipinski definition) is 5. The van der Waals surface area contributed by atoms with Gasteiger partial charge in [0.15, 0.2) is 0 Å². The number of carbonyl (C=O) groups excluding carboxylic acids is 2. The molecule has 22 heavy (non-hydrogen) atoms. The second kappa shape index (κ2) is 5.77. The molecule has 1 N–H and O–H groups in total. The highest BCUT2D eigenvalue weighted by atomic mass is 16.5. The summed E-state index contributed by atoms with van der Waals surface area (Å²) in [4.78, 5) is 34.8. The molecule has 2 heterocycles. The summed E-state index contributed by atoms with van der Waals surface area (Å²) in [7, 11) is 1.32. The van der Waals surface area contributed by atoms with Gasteiger partial charge in [-0.05, 0) is 11.6 Å². The number of hydrogen-bond donors (Lipinski definition) is 1. The zero-order chi connectivity index (χ0) is 15.5. The predicted molar refractivity (Wildman–Crippen MR) is 79.5 cm³/mol. The number of nitrogens with zero attached hydrogens (tertiary/aromatic N) is 2. The zero-order valence-corrected chi connectivity index (χ0v) is 11.9. The van der Waals surface area contributed by atoms with E-state index in [1.165, 1.54) is 19.5 Å². The van der Waals surface area contributed by atoms with Crippen LogP contribution in [0.5, 0.6) is 0 Å². The number of ketones is 1. The quantitative estimate of drug-likeness (QED) is 0.587. The molecule has 0 aliphatic rings. The van der Waals surface area contributed by atoms with Gasteiger partial charge in [0.2, 0.25) is 11.6 Å². The second-order valence-electron chi connectivity index (χ2n) is 4.74. The fourth-order valence-electron chi connectivity index (χ4n) is 2.18. The monoisotopic (exact) mass is 295 g/mol. The third-order valence-electron chi connectivity index (χ3n) is 3.32. The van der Waals surface area contributed by atoms with E-state index in [9.17, 15) is 9.59 Å². The molecule has 3 rings (SSSR count). The minimum atomic E-state index is -0.376. The van der Waals surface area contributed by atoms with E-state index in [1.54, 1.807) is 6.20 Å². The molecule has 0 amide bonds. The van der Waals surface area contributed by atoms with Crippen molar-refractivity contribution in [1.82, 2.24) is 15.0 Å². The Hall–Kier alpha value is -3.02. The third kappa shape index (κ3) is 2.58. The number of esters is 1. The highest BCUT2D eigenvalue weighted by Crippen LogP contribution is 2.19. The smallest absolute Gasteiger partial charge is 0.310 e. The van der Waals surface area contributed by atoms with Crippen LogP contribution in [0.15, 0.2) is 42.9 Å². The van der Waals surface area contributed by atoms with Crippen LogP contribution in [0.4, 0.5) is 0 Å². The molecule has 6 nitrogen and oxygen atoms in total. The van der Waals surface area contributed by atoms with E-state index in [-0.39, 0.29) is 24.0 Å². The number of H-pyrrole nitrogens is 1. The molecular weight excluding hydrogens is 282 g/mol. The van der Waals surface area contributed by atoms with Gasteiger partial charge in [-0.2, -0.15) is 0 Å². The number of nitrogens with one attached hydrogen (secondary N) is 1. The molecule has 0 spiro atoms. The number of aromatic nitrogens is 3. The Morgan fingerprint density at radius 1 is 1.18 bits per heavy atom. The number of fused-ring (bicyclic) bond motifs is 1. The summed E-state index contributed by atoms with van der Waals surface area (Å²) in [6.07, 6.45) is 4.66. The number of ether oxygens (including phenoxy) is 1. The van der Waals surface area contributed by atoms with Crippen molar-refractivity contribution in [3.8, 4) is 0 Å². The lowest BCUT2D eigenvalue weighted by atomic mass is 10.1. The minimum Gasteiger partial charge on any atom is -0.469 e. The van der Waals surface area contributed by atoms with Crippen molar-refractivity contribution < 1.29 is 14.3 Å². The normalized spacial score (nSPS) is 10.6. The van der Waals surface area contributed by atoms with Gasteiger partial charge in [-0.25, -0.2) is 9.97 Å². The summed E-state index contributed by atoms with van der Waals surface area (Å²) in [5.41, 5.74) is 2.01. The summed E-state index contributed by atoms with van der Waals surface area (Å²) in [6.45, 7) is 0. The molecule has 0 aliphatic heterocycles. The molecule has 0 atom stereocenters. The van der Waals surface area contributed by atoms with Crippen LogP contribution < -0.4 is 0 Å². The summed E-state index contributed by atoms with van der Waals surface area (Å²) >= 11 is 0. The largest absolute Gasteiger partial charge is 0.469 e. The van der Waals surface area contributed by atoms with E-state index in [2.05, 4.69) is 19.7 Å². The van der Waals surface area contributed by atoms with Crippen LogP contribution >= 0.6 is 0 Å².